The second kappa shape index (κ2) is 8.04. The van der Waals surface area contributed by atoms with Crippen LogP contribution in [0.25, 0.3) is 0 Å². The van der Waals surface area contributed by atoms with Crippen molar-refractivity contribution < 1.29 is 0 Å². The number of nitrogens with zero attached hydrogens (tertiary/aromatic N) is 2. The number of likely N-dealkylation sites (N-methyl/N-ethyl adjacent to an activating group) is 1. The van der Waals surface area contributed by atoms with E-state index < -0.39 is 0 Å². The molecule has 3 heteroatoms. The summed E-state index contributed by atoms with van der Waals surface area (Å²) in [6.45, 7) is 8.29. The third kappa shape index (κ3) is 5.28. The highest BCUT2D eigenvalue weighted by molar-refractivity contribution is 4.79. The molecule has 1 unspecified atom stereocenters. The minimum atomic E-state index is 0.778. The van der Waals surface area contributed by atoms with Gasteiger partial charge in [-0.05, 0) is 46.4 Å². The van der Waals surface area contributed by atoms with Crippen LogP contribution in [0.5, 0.6) is 0 Å². The van der Waals surface area contributed by atoms with Crippen molar-refractivity contribution in [1.29, 1.82) is 0 Å². The van der Waals surface area contributed by atoms with Gasteiger partial charge in [-0.25, -0.2) is 0 Å². The molecule has 1 saturated heterocycles. The van der Waals surface area contributed by atoms with Gasteiger partial charge in [0.15, 0.2) is 0 Å². The molecule has 1 N–H and O–H groups in total. The molecular weight excluding hydrogens is 198 g/mol. The second-order valence-corrected chi connectivity index (χ2v) is 5.19. The van der Waals surface area contributed by atoms with Gasteiger partial charge in [0.2, 0.25) is 0 Å². The van der Waals surface area contributed by atoms with Gasteiger partial charge in [-0.2, -0.15) is 0 Å². The van der Waals surface area contributed by atoms with Crippen molar-refractivity contribution in [3.63, 3.8) is 0 Å². The van der Waals surface area contributed by atoms with E-state index in [9.17, 15) is 0 Å². The molecule has 0 amide bonds. The summed E-state index contributed by atoms with van der Waals surface area (Å²) in [4.78, 5) is 4.96. The zero-order valence-electron chi connectivity index (χ0n) is 11.3. The Hall–Kier alpha value is -0.120. The SMILES string of the molecule is CCCNCC1CCCCN1CCN(C)C. The molecule has 1 atom stereocenters. The van der Waals surface area contributed by atoms with Gasteiger partial charge in [0.25, 0.3) is 0 Å². The Morgan fingerprint density at radius 1 is 1.31 bits per heavy atom. The minimum absolute atomic E-state index is 0.778. The number of likely N-dealkylation sites (tertiary alicyclic amines) is 1. The van der Waals surface area contributed by atoms with Crippen LogP contribution < -0.4 is 5.32 Å². The summed E-state index contributed by atoms with van der Waals surface area (Å²) < 4.78 is 0. The molecule has 1 heterocycles. The minimum Gasteiger partial charge on any atom is -0.315 e. The Labute approximate surface area is 101 Å². The van der Waals surface area contributed by atoms with Gasteiger partial charge in [-0.15, -0.1) is 0 Å². The van der Waals surface area contributed by atoms with Crippen LogP contribution >= 0.6 is 0 Å². The first-order valence-electron chi connectivity index (χ1n) is 6.83. The molecule has 0 aliphatic carbocycles. The van der Waals surface area contributed by atoms with Gasteiger partial charge in [0.1, 0.15) is 0 Å². The summed E-state index contributed by atoms with van der Waals surface area (Å²) in [5, 5.41) is 3.57. The van der Waals surface area contributed by atoms with Crippen LogP contribution in [0.2, 0.25) is 0 Å². The highest BCUT2D eigenvalue weighted by Crippen LogP contribution is 2.15. The zero-order chi connectivity index (χ0) is 11.8. The van der Waals surface area contributed by atoms with E-state index in [2.05, 4.69) is 36.1 Å². The molecule has 0 radical (unpaired) electrons. The molecule has 0 bridgehead atoms. The fourth-order valence-electron chi connectivity index (χ4n) is 2.36. The monoisotopic (exact) mass is 227 g/mol. The van der Waals surface area contributed by atoms with Crippen molar-refractivity contribution >= 4 is 0 Å². The van der Waals surface area contributed by atoms with Crippen LogP contribution in [0.15, 0.2) is 0 Å². The lowest BCUT2D eigenvalue weighted by Crippen LogP contribution is -2.47. The Kier molecular flexibility index (Phi) is 7.01. The molecule has 3 nitrogen and oxygen atoms in total. The average molecular weight is 227 g/mol. The molecule has 0 aromatic carbocycles. The topological polar surface area (TPSA) is 18.5 Å². The smallest absolute Gasteiger partial charge is 0.0221 e. The summed E-state index contributed by atoms with van der Waals surface area (Å²) in [7, 11) is 4.32. The molecule has 0 aromatic heterocycles. The largest absolute Gasteiger partial charge is 0.315 e. The van der Waals surface area contributed by atoms with Gasteiger partial charge in [-0.1, -0.05) is 13.3 Å². The second-order valence-electron chi connectivity index (χ2n) is 5.19. The Bertz CT molecular complexity index is 171. The number of piperidine rings is 1. The maximum absolute atomic E-state index is 3.57. The summed E-state index contributed by atoms with van der Waals surface area (Å²) in [5.41, 5.74) is 0. The molecule has 0 spiro atoms. The quantitative estimate of drug-likeness (QED) is 0.663. The summed E-state index contributed by atoms with van der Waals surface area (Å²) in [6, 6.07) is 0.778. The van der Waals surface area contributed by atoms with Gasteiger partial charge in [-0.3, -0.25) is 4.90 Å². The Balaban J connectivity index is 2.26. The van der Waals surface area contributed by atoms with E-state index in [4.69, 9.17) is 0 Å². The maximum atomic E-state index is 3.57. The van der Waals surface area contributed by atoms with Crippen LogP contribution in [0.1, 0.15) is 32.6 Å². The van der Waals surface area contributed by atoms with E-state index in [1.807, 2.05) is 0 Å². The maximum Gasteiger partial charge on any atom is 0.0221 e. The molecule has 16 heavy (non-hydrogen) atoms. The Morgan fingerprint density at radius 2 is 2.12 bits per heavy atom. The van der Waals surface area contributed by atoms with E-state index >= 15 is 0 Å². The summed E-state index contributed by atoms with van der Waals surface area (Å²) in [6.07, 6.45) is 5.42. The van der Waals surface area contributed by atoms with Crippen molar-refractivity contribution in [2.45, 2.75) is 38.6 Å². The number of rotatable bonds is 7. The van der Waals surface area contributed by atoms with Crippen LogP contribution in [0, 0.1) is 0 Å². The van der Waals surface area contributed by atoms with Crippen molar-refractivity contribution in [3.05, 3.63) is 0 Å². The molecular formula is C13H29N3. The lowest BCUT2D eigenvalue weighted by Gasteiger charge is -2.36. The van der Waals surface area contributed by atoms with Gasteiger partial charge < -0.3 is 10.2 Å². The van der Waals surface area contributed by atoms with Crippen LogP contribution in [-0.4, -0.2) is 62.7 Å². The normalized spacial score (nSPS) is 22.9. The van der Waals surface area contributed by atoms with Gasteiger partial charge in [0, 0.05) is 25.7 Å². The standard InChI is InChI=1S/C13H29N3/c1-4-8-14-12-13-7-5-6-9-16(13)11-10-15(2)3/h13-14H,4-12H2,1-3H3. The van der Waals surface area contributed by atoms with E-state index in [-0.39, 0.29) is 0 Å². The molecule has 1 aliphatic heterocycles. The highest BCUT2D eigenvalue weighted by atomic mass is 15.2. The summed E-state index contributed by atoms with van der Waals surface area (Å²) in [5.74, 6) is 0. The Morgan fingerprint density at radius 3 is 2.81 bits per heavy atom. The predicted octanol–water partition coefficient (Wildman–Crippen LogP) is 1.40. The van der Waals surface area contributed by atoms with Crippen LogP contribution in [-0.2, 0) is 0 Å². The molecule has 96 valence electrons. The van der Waals surface area contributed by atoms with E-state index in [0.717, 1.165) is 12.6 Å². The van der Waals surface area contributed by atoms with E-state index in [0.29, 0.717) is 0 Å². The zero-order valence-corrected chi connectivity index (χ0v) is 11.3. The molecule has 0 saturated carbocycles. The molecule has 1 rings (SSSR count). The highest BCUT2D eigenvalue weighted by Gasteiger charge is 2.21. The van der Waals surface area contributed by atoms with Gasteiger partial charge >= 0.3 is 0 Å². The van der Waals surface area contributed by atoms with Crippen molar-refractivity contribution in [2.24, 2.45) is 0 Å². The first kappa shape index (κ1) is 13.9. The third-order valence-corrected chi connectivity index (χ3v) is 3.39. The fourth-order valence-corrected chi connectivity index (χ4v) is 2.36. The number of hydrogen-bond acceptors (Lipinski definition) is 3. The van der Waals surface area contributed by atoms with Crippen molar-refractivity contribution in [1.82, 2.24) is 15.1 Å². The van der Waals surface area contributed by atoms with Crippen molar-refractivity contribution in [2.75, 3.05) is 46.8 Å². The summed E-state index contributed by atoms with van der Waals surface area (Å²) >= 11 is 0. The molecule has 1 fully saturated rings. The van der Waals surface area contributed by atoms with Crippen LogP contribution in [0.3, 0.4) is 0 Å². The number of hydrogen-bond donors (Lipinski definition) is 1. The van der Waals surface area contributed by atoms with Crippen molar-refractivity contribution in [3.8, 4) is 0 Å². The first-order chi connectivity index (χ1) is 7.74. The molecule has 0 aromatic rings. The number of nitrogens with one attached hydrogen (secondary N) is 1. The first-order valence-corrected chi connectivity index (χ1v) is 6.83. The van der Waals surface area contributed by atoms with Gasteiger partial charge in [0.05, 0.1) is 0 Å². The fraction of sp³-hybridized carbons (Fsp3) is 1.00. The lowest BCUT2D eigenvalue weighted by atomic mass is 10.0. The van der Waals surface area contributed by atoms with E-state index in [1.165, 1.54) is 51.9 Å². The predicted molar refractivity (Wildman–Crippen MR) is 70.9 cm³/mol. The van der Waals surface area contributed by atoms with Crippen LogP contribution in [0.4, 0.5) is 0 Å². The lowest BCUT2D eigenvalue weighted by molar-refractivity contribution is 0.134. The molecule has 1 aliphatic rings. The third-order valence-electron chi connectivity index (χ3n) is 3.39. The van der Waals surface area contributed by atoms with E-state index in [1.54, 1.807) is 0 Å². The average Bonchev–Trinajstić information content (AvgIpc) is 2.28.